The molecule has 1 unspecified atom stereocenters. The van der Waals surface area contributed by atoms with Gasteiger partial charge in [0, 0.05) is 6.54 Å². The van der Waals surface area contributed by atoms with E-state index in [4.69, 9.17) is 10.5 Å². The molecule has 76 valence electrons. The van der Waals surface area contributed by atoms with Gasteiger partial charge < -0.3 is 10.5 Å². The number of hydrogen-bond acceptors (Lipinski definition) is 2. The third-order valence-electron chi connectivity index (χ3n) is 3.81. The first-order valence-electron chi connectivity index (χ1n) is 5.53. The van der Waals surface area contributed by atoms with Gasteiger partial charge in [-0.15, -0.1) is 0 Å². The minimum absolute atomic E-state index is 0.263. The van der Waals surface area contributed by atoms with Crippen LogP contribution in [0.5, 0.6) is 0 Å². The number of rotatable bonds is 2. The fraction of sp³-hybridized carbons (Fsp3) is 1.00. The standard InChI is InChI=1S/C11H21NO/c1-8(2)9-5-11(6-9)4-3-10(7-12)13-11/h8-10H,3-7,12H2,1-2H3. The number of hydrogen-bond donors (Lipinski definition) is 1. The quantitative estimate of drug-likeness (QED) is 0.710. The highest BCUT2D eigenvalue weighted by molar-refractivity contribution is 5.01. The molecule has 0 aromatic rings. The van der Waals surface area contributed by atoms with E-state index < -0.39 is 0 Å². The minimum Gasteiger partial charge on any atom is -0.370 e. The van der Waals surface area contributed by atoms with E-state index in [-0.39, 0.29) is 5.60 Å². The molecule has 2 nitrogen and oxygen atoms in total. The van der Waals surface area contributed by atoms with Crippen LogP contribution in [0.3, 0.4) is 0 Å². The highest BCUT2D eigenvalue weighted by Crippen LogP contribution is 2.51. The lowest BCUT2D eigenvalue weighted by Gasteiger charge is -2.46. The second kappa shape index (κ2) is 3.25. The van der Waals surface area contributed by atoms with Gasteiger partial charge in [0.25, 0.3) is 0 Å². The molecule has 0 amide bonds. The zero-order valence-corrected chi connectivity index (χ0v) is 8.75. The van der Waals surface area contributed by atoms with E-state index in [1.54, 1.807) is 0 Å². The second-order valence-electron chi connectivity index (χ2n) is 5.11. The van der Waals surface area contributed by atoms with Crippen molar-refractivity contribution in [2.75, 3.05) is 6.54 Å². The molecule has 1 spiro atoms. The Balaban J connectivity index is 1.84. The minimum atomic E-state index is 0.263. The Morgan fingerprint density at radius 3 is 2.62 bits per heavy atom. The van der Waals surface area contributed by atoms with Crippen molar-refractivity contribution < 1.29 is 4.74 Å². The zero-order chi connectivity index (χ0) is 9.47. The number of ether oxygens (including phenoxy) is 1. The fourth-order valence-electron chi connectivity index (χ4n) is 2.73. The van der Waals surface area contributed by atoms with Gasteiger partial charge in [-0.2, -0.15) is 0 Å². The average molecular weight is 183 g/mol. The topological polar surface area (TPSA) is 35.2 Å². The summed E-state index contributed by atoms with van der Waals surface area (Å²) in [6.45, 7) is 5.33. The van der Waals surface area contributed by atoms with Crippen LogP contribution in [0.2, 0.25) is 0 Å². The Labute approximate surface area is 80.8 Å². The van der Waals surface area contributed by atoms with Crippen LogP contribution in [0.1, 0.15) is 39.5 Å². The molecule has 1 aliphatic heterocycles. The van der Waals surface area contributed by atoms with Gasteiger partial charge in [-0.25, -0.2) is 0 Å². The maximum Gasteiger partial charge on any atom is 0.0705 e. The van der Waals surface area contributed by atoms with Gasteiger partial charge in [-0.1, -0.05) is 13.8 Å². The lowest BCUT2D eigenvalue weighted by Crippen LogP contribution is -2.46. The largest absolute Gasteiger partial charge is 0.370 e. The van der Waals surface area contributed by atoms with Crippen LogP contribution in [0, 0.1) is 11.8 Å². The molecule has 1 heterocycles. The van der Waals surface area contributed by atoms with Crippen molar-refractivity contribution in [3.8, 4) is 0 Å². The molecule has 1 atom stereocenters. The molecule has 2 rings (SSSR count). The van der Waals surface area contributed by atoms with Crippen molar-refractivity contribution in [1.82, 2.24) is 0 Å². The summed E-state index contributed by atoms with van der Waals surface area (Å²) in [4.78, 5) is 0. The molecule has 0 aromatic heterocycles. The normalized spacial score (nSPS) is 44.3. The SMILES string of the molecule is CC(C)C1CC2(CCC(CN)O2)C1. The highest BCUT2D eigenvalue weighted by Gasteiger charge is 2.50. The molecule has 2 heteroatoms. The summed E-state index contributed by atoms with van der Waals surface area (Å²) in [6.07, 6.45) is 5.34. The van der Waals surface area contributed by atoms with Gasteiger partial charge in [0.15, 0.2) is 0 Å². The summed E-state index contributed by atoms with van der Waals surface area (Å²) in [7, 11) is 0. The molecule has 0 radical (unpaired) electrons. The van der Waals surface area contributed by atoms with E-state index in [1.165, 1.54) is 25.7 Å². The summed E-state index contributed by atoms with van der Waals surface area (Å²) < 4.78 is 5.99. The summed E-state index contributed by atoms with van der Waals surface area (Å²) in [5.41, 5.74) is 5.87. The van der Waals surface area contributed by atoms with Gasteiger partial charge in [-0.05, 0) is 37.5 Å². The Morgan fingerprint density at radius 2 is 2.15 bits per heavy atom. The Kier molecular flexibility index (Phi) is 2.37. The maximum absolute atomic E-state index is 5.99. The maximum atomic E-state index is 5.99. The summed E-state index contributed by atoms with van der Waals surface area (Å²) >= 11 is 0. The molecule has 13 heavy (non-hydrogen) atoms. The van der Waals surface area contributed by atoms with Crippen molar-refractivity contribution in [2.45, 2.75) is 51.2 Å². The highest BCUT2D eigenvalue weighted by atomic mass is 16.5. The predicted octanol–water partition coefficient (Wildman–Crippen LogP) is 1.93. The Hall–Kier alpha value is -0.0800. The molecule has 1 saturated heterocycles. The van der Waals surface area contributed by atoms with Crippen LogP contribution in [-0.2, 0) is 4.74 Å². The lowest BCUT2D eigenvalue weighted by molar-refractivity contribution is -0.126. The second-order valence-corrected chi connectivity index (χ2v) is 5.11. The van der Waals surface area contributed by atoms with Gasteiger partial charge in [-0.3, -0.25) is 0 Å². The van der Waals surface area contributed by atoms with Crippen LogP contribution in [-0.4, -0.2) is 18.2 Å². The monoisotopic (exact) mass is 183 g/mol. The molecular weight excluding hydrogens is 162 g/mol. The molecule has 0 bridgehead atoms. The molecule has 1 saturated carbocycles. The van der Waals surface area contributed by atoms with Crippen LogP contribution in [0.4, 0.5) is 0 Å². The first kappa shape index (κ1) is 9.47. The smallest absolute Gasteiger partial charge is 0.0705 e. The van der Waals surface area contributed by atoms with E-state index in [2.05, 4.69) is 13.8 Å². The van der Waals surface area contributed by atoms with Crippen molar-refractivity contribution >= 4 is 0 Å². The molecule has 2 N–H and O–H groups in total. The van der Waals surface area contributed by atoms with Gasteiger partial charge >= 0.3 is 0 Å². The fourth-order valence-corrected chi connectivity index (χ4v) is 2.73. The van der Waals surface area contributed by atoms with Crippen molar-refractivity contribution in [3.05, 3.63) is 0 Å². The first-order valence-corrected chi connectivity index (χ1v) is 5.53. The molecule has 2 fully saturated rings. The lowest BCUT2D eigenvalue weighted by atomic mass is 9.65. The first-order chi connectivity index (χ1) is 6.15. The molecule has 2 aliphatic rings. The molecular formula is C11H21NO. The van der Waals surface area contributed by atoms with Crippen molar-refractivity contribution in [2.24, 2.45) is 17.6 Å². The molecule has 1 aliphatic carbocycles. The zero-order valence-electron chi connectivity index (χ0n) is 8.75. The van der Waals surface area contributed by atoms with Crippen LogP contribution >= 0.6 is 0 Å². The van der Waals surface area contributed by atoms with Crippen molar-refractivity contribution in [3.63, 3.8) is 0 Å². The van der Waals surface area contributed by atoms with Crippen molar-refractivity contribution in [1.29, 1.82) is 0 Å². The van der Waals surface area contributed by atoms with Gasteiger partial charge in [0.05, 0.1) is 11.7 Å². The number of nitrogens with two attached hydrogens (primary N) is 1. The van der Waals surface area contributed by atoms with E-state index in [9.17, 15) is 0 Å². The van der Waals surface area contributed by atoms with Crippen LogP contribution < -0.4 is 5.73 Å². The Bertz CT molecular complexity index is 185. The van der Waals surface area contributed by atoms with E-state index in [1.807, 2.05) is 0 Å². The van der Waals surface area contributed by atoms with E-state index >= 15 is 0 Å². The average Bonchev–Trinajstić information content (AvgIpc) is 2.44. The Morgan fingerprint density at radius 1 is 1.46 bits per heavy atom. The van der Waals surface area contributed by atoms with Crippen LogP contribution in [0.25, 0.3) is 0 Å². The van der Waals surface area contributed by atoms with E-state index in [0.717, 1.165) is 11.8 Å². The van der Waals surface area contributed by atoms with Crippen LogP contribution in [0.15, 0.2) is 0 Å². The predicted molar refractivity (Wildman–Crippen MR) is 53.5 cm³/mol. The van der Waals surface area contributed by atoms with Gasteiger partial charge in [0.2, 0.25) is 0 Å². The third-order valence-corrected chi connectivity index (χ3v) is 3.81. The third kappa shape index (κ3) is 1.62. The summed E-state index contributed by atoms with van der Waals surface area (Å²) in [5.74, 6) is 1.72. The van der Waals surface area contributed by atoms with E-state index in [0.29, 0.717) is 12.6 Å². The summed E-state index contributed by atoms with van der Waals surface area (Å²) in [6, 6.07) is 0. The van der Waals surface area contributed by atoms with Gasteiger partial charge in [0.1, 0.15) is 0 Å². The molecule has 0 aromatic carbocycles. The summed E-state index contributed by atoms with van der Waals surface area (Å²) in [5, 5.41) is 0.